The Hall–Kier alpha value is -1.13. The number of nitrogens with one attached hydrogen (secondary N) is 1. The summed E-state index contributed by atoms with van der Waals surface area (Å²) in [6, 6.07) is 7.01. The first kappa shape index (κ1) is 15.3. The summed E-state index contributed by atoms with van der Waals surface area (Å²) in [6.07, 6.45) is 5.98. The summed E-state index contributed by atoms with van der Waals surface area (Å²) in [7, 11) is 0. The van der Waals surface area contributed by atoms with Gasteiger partial charge in [0.25, 0.3) is 5.91 Å². The van der Waals surface area contributed by atoms with Gasteiger partial charge < -0.3 is 11.1 Å². The molecule has 2 rings (SSSR count). The van der Waals surface area contributed by atoms with Crippen molar-refractivity contribution in [2.24, 2.45) is 5.73 Å². The maximum atomic E-state index is 12.4. The zero-order valence-corrected chi connectivity index (χ0v) is 12.9. The standard InChI is InChI=1S/C15H19ClN2OS/c16-12-8-4-3-7-11(12)13(19)18-15(14(17)20)9-5-1-2-6-10-15/h3-4,7-8H,1-2,5-6,9-10H2,(H2,17,20)(H,18,19). The summed E-state index contributed by atoms with van der Waals surface area (Å²) < 4.78 is 0. The van der Waals surface area contributed by atoms with Crippen LogP contribution in [0.3, 0.4) is 0 Å². The third-order valence-corrected chi connectivity index (χ3v) is 4.62. The Kier molecular flexibility index (Phi) is 5.00. The fourth-order valence-electron chi connectivity index (χ4n) is 2.70. The van der Waals surface area contributed by atoms with Gasteiger partial charge in [-0.1, -0.05) is 61.6 Å². The third-order valence-electron chi connectivity index (χ3n) is 3.90. The van der Waals surface area contributed by atoms with Crippen LogP contribution >= 0.6 is 23.8 Å². The third kappa shape index (κ3) is 3.30. The minimum Gasteiger partial charge on any atom is -0.391 e. The fraction of sp³-hybridized carbons (Fsp3) is 0.467. The van der Waals surface area contributed by atoms with Gasteiger partial charge in [0.1, 0.15) is 0 Å². The van der Waals surface area contributed by atoms with E-state index in [0.717, 1.165) is 38.5 Å². The predicted octanol–water partition coefficient (Wildman–Crippen LogP) is 3.45. The Morgan fingerprint density at radius 1 is 1.20 bits per heavy atom. The number of thiocarbonyl (C=S) groups is 1. The molecule has 5 heteroatoms. The van der Waals surface area contributed by atoms with Crippen molar-refractivity contribution >= 4 is 34.7 Å². The van der Waals surface area contributed by atoms with Gasteiger partial charge in [0, 0.05) is 0 Å². The predicted molar refractivity (Wildman–Crippen MR) is 86.1 cm³/mol. The first-order valence-electron chi connectivity index (χ1n) is 6.92. The molecular weight excluding hydrogens is 292 g/mol. The molecule has 3 nitrogen and oxygen atoms in total. The van der Waals surface area contributed by atoms with Crippen LogP contribution in [-0.4, -0.2) is 16.4 Å². The van der Waals surface area contributed by atoms with Crippen molar-refractivity contribution in [1.82, 2.24) is 5.32 Å². The van der Waals surface area contributed by atoms with Gasteiger partial charge in [-0.3, -0.25) is 4.79 Å². The Morgan fingerprint density at radius 2 is 1.80 bits per heavy atom. The van der Waals surface area contributed by atoms with E-state index in [1.807, 2.05) is 0 Å². The van der Waals surface area contributed by atoms with Crippen LogP contribution in [0, 0.1) is 0 Å². The van der Waals surface area contributed by atoms with Crippen molar-refractivity contribution in [2.45, 2.75) is 44.1 Å². The maximum Gasteiger partial charge on any atom is 0.253 e. The van der Waals surface area contributed by atoms with Crippen LogP contribution in [0.4, 0.5) is 0 Å². The topological polar surface area (TPSA) is 55.1 Å². The zero-order chi connectivity index (χ0) is 14.6. The van der Waals surface area contributed by atoms with E-state index in [-0.39, 0.29) is 5.91 Å². The van der Waals surface area contributed by atoms with Gasteiger partial charge in [-0.25, -0.2) is 0 Å². The van der Waals surface area contributed by atoms with Gasteiger partial charge in [0.15, 0.2) is 0 Å². The Labute approximate surface area is 129 Å². The second-order valence-corrected chi connectivity index (χ2v) is 6.14. The van der Waals surface area contributed by atoms with Gasteiger partial charge in [0.05, 0.1) is 21.1 Å². The summed E-state index contributed by atoms with van der Waals surface area (Å²) in [4.78, 5) is 12.8. The van der Waals surface area contributed by atoms with Gasteiger partial charge >= 0.3 is 0 Å². The van der Waals surface area contributed by atoms with E-state index >= 15 is 0 Å². The lowest BCUT2D eigenvalue weighted by Gasteiger charge is -2.33. The number of halogens is 1. The molecule has 0 aromatic heterocycles. The molecule has 0 spiro atoms. The molecule has 20 heavy (non-hydrogen) atoms. The Balaban J connectivity index is 2.22. The van der Waals surface area contributed by atoms with Crippen LogP contribution in [0.2, 0.25) is 5.02 Å². The number of amides is 1. The normalized spacial score (nSPS) is 18.1. The van der Waals surface area contributed by atoms with Crippen molar-refractivity contribution < 1.29 is 4.79 Å². The monoisotopic (exact) mass is 310 g/mol. The molecule has 1 aromatic carbocycles. The lowest BCUT2D eigenvalue weighted by atomic mass is 9.89. The summed E-state index contributed by atoms with van der Waals surface area (Å²) in [6.45, 7) is 0. The second-order valence-electron chi connectivity index (χ2n) is 5.29. The highest BCUT2D eigenvalue weighted by atomic mass is 35.5. The number of hydrogen-bond donors (Lipinski definition) is 2. The van der Waals surface area contributed by atoms with Gasteiger partial charge in [-0.2, -0.15) is 0 Å². The van der Waals surface area contributed by atoms with E-state index in [1.54, 1.807) is 24.3 Å². The average molecular weight is 311 g/mol. The second kappa shape index (κ2) is 6.55. The summed E-state index contributed by atoms with van der Waals surface area (Å²) in [5.74, 6) is -0.203. The molecule has 1 aliphatic carbocycles. The first-order valence-corrected chi connectivity index (χ1v) is 7.71. The molecule has 0 aliphatic heterocycles. The highest BCUT2D eigenvalue weighted by Crippen LogP contribution is 2.28. The molecule has 3 N–H and O–H groups in total. The molecule has 0 heterocycles. The number of carbonyl (C=O) groups is 1. The molecule has 1 fully saturated rings. The quantitative estimate of drug-likeness (QED) is 0.664. The number of nitrogens with two attached hydrogens (primary N) is 1. The highest BCUT2D eigenvalue weighted by Gasteiger charge is 2.35. The smallest absolute Gasteiger partial charge is 0.253 e. The number of hydrogen-bond acceptors (Lipinski definition) is 2. The molecule has 0 saturated heterocycles. The molecule has 0 unspecified atom stereocenters. The largest absolute Gasteiger partial charge is 0.391 e. The summed E-state index contributed by atoms with van der Waals surface area (Å²) >= 11 is 11.3. The van der Waals surface area contributed by atoms with E-state index in [4.69, 9.17) is 29.6 Å². The SMILES string of the molecule is NC(=S)C1(NC(=O)c2ccccc2Cl)CCCCCC1. The van der Waals surface area contributed by atoms with E-state index < -0.39 is 5.54 Å². The molecule has 1 saturated carbocycles. The van der Waals surface area contributed by atoms with Crippen molar-refractivity contribution in [1.29, 1.82) is 0 Å². The van der Waals surface area contributed by atoms with Crippen molar-refractivity contribution in [2.75, 3.05) is 0 Å². The van der Waals surface area contributed by atoms with Crippen LogP contribution in [-0.2, 0) is 0 Å². The van der Waals surface area contributed by atoms with Gasteiger partial charge in [-0.15, -0.1) is 0 Å². The van der Waals surface area contributed by atoms with Crippen LogP contribution < -0.4 is 11.1 Å². The maximum absolute atomic E-state index is 12.4. The zero-order valence-electron chi connectivity index (χ0n) is 11.3. The van der Waals surface area contributed by atoms with Crippen LogP contribution in [0.25, 0.3) is 0 Å². The summed E-state index contributed by atoms with van der Waals surface area (Å²) in [5, 5.41) is 3.48. The molecule has 1 amide bonds. The average Bonchev–Trinajstić information content (AvgIpc) is 2.65. The molecular formula is C15H19ClN2OS. The van der Waals surface area contributed by atoms with Crippen molar-refractivity contribution in [3.63, 3.8) is 0 Å². The fourth-order valence-corrected chi connectivity index (χ4v) is 3.17. The minimum absolute atomic E-state index is 0.203. The lowest BCUT2D eigenvalue weighted by Crippen LogP contribution is -2.56. The molecule has 0 radical (unpaired) electrons. The van der Waals surface area contributed by atoms with Crippen LogP contribution in [0.5, 0.6) is 0 Å². The molecule has 0 bridgehead atoms. The summed E-state index contributed by atoms with van der Waals surface area (Å²) in [5.41, 5.74) is 5.82. The Bertz CT molecular complexity index is 510. The molecule has 0 atom stereocenters. The van der Waals surface area contributed by atoms with Gasteiger partial charge in [-0.05, 0) is 25.0 Å². The van der Waals surface area contributed by atoms with Crippen LogP contribution in [0.1, 0.15) is 48.9 Å². The van der Waals surface area contributed by atoms with E-state index in [2.05, 4.69) is 5.32 Å². The van der Waals surface area contributed by atoms with Crippen LogP contribution in [0.15, 0.2) is 24.3 Å². The Morgan fingerprint density at radius 3 is 2.35 bits per heavy atom. The number of benzene rings is 1. The van der Waals surface area contributed by atoms with E-state index in [0.29, 0.717) is 15.6 Å². The van der Waals surface area contributed by atoms with Gasteiger partial charge in [0.2, 0.25) is 0 Å². The highest BCUT2D eigenvalue weighted by molar-refractivity contribution is 7.80. The van der Waals surface area contributed by atoms with Crippen molar-refractivity contribution in [3.8, 4) is 0 Å². The molecule has 1 aliphatic rings. The number of carbonyl (C=O) groups excluding carboxylic acids is 1. The van der Waals surface area contributed by atoms with E-state index in [1.165, 1.54) is 0 Å². The van der Waals surface area contributed by atoms with Crippen molar-refractivity contribution in [3.05, 3.63) is 34.9 Å². The first-order chi connectivity index (χ1) is 9.55. The molecule has 1 aromatic rings. The van der Waals surface area contributed by atoms with E-state index in [9.17, 15) is 4.79 Å². The molecule has 108 valence electrons. The minimum atomic E-state index is -0.567. The number of rotatable bonds is 3. The lowest BCUT2D eigenvalue weighted by molar-refractivity contribution is 0.0917.